The SMILES string of the molecule is CC(=O)c1ccc(OCCCC(=O)O)nn1. The second kappa shape index (κ2) is 5.79. The van der Waals surface area contributed by atoms with Crippen molar-refractivity contribution in [3.63, 3.8) is 0 Å². The minimum Gasteiger partial charge on any atom is -0.481 e. The number of aliphatic carboxylic acids is 1. The first-order valence-electron chi connectivity index (χ1n) is 4.79. The van der Waals surface area contributed by atoms with Crippen molar-refractivity contribution in [2.24, 2.45) is 0 Å². The van der Waals surface area contributed by atoms with Gasteiger partial charge in [-0.25, -0.2) is 0 Å². The van der Waals surface area contributed by atoms with E-state index < -0.39 is 5.97 Å². The quantitative estimate of drug-likeness (QED) is 0.571. The Morgan fingerprint density at radius 2 is 2.12 bits per heavy atom. The van der Waals surface area contributed by atoms with E-state index in [4.69, 9.17) is 9.84 Å². The number of ketones is 1. The average Bonchev–Trinajstić information content (AvgIpc) is 2.25. The van der Waals surface area contributed by atoms with Gasteiger partial charge in [0.05, 0.1) is 6.61 Å². The van der Waals surface area contributed by atoms with Crippen molar-refractivity contribution in [2.45, 2.75) is 19.8 Å². The Balaban J connectivity index is 2.38. The topological polar surface area (TPSA) is 89.4 Å². The molecule has 0 amide bonds. The van der Waals surface area contributed by atoms with Crippen LogP contribution in [0.1, 0.15) is 30.3 Å². The van der Waals surface area contributed by atoms with Gasteiger partial charge in [0.1, 0.15) is 5.69 Å². The molecule has 86 valence electrons. The van der Waals surface area contributed by atoms with Crippen molar-refractivity contribution in [1.29, 1.82) is 0 Å². The average molecular weight is 224 g/mol. The summed E-state index contributed by atoms with van der Waals surface area (Å²) in [6.07, 6.45) is 0.463. The van der Waals surface area contributed by atoms with Crippen LogP contribution in [0.25, 0.3) is 0 Å². The Labute approximate surface area is 92.3 Å². The maximum atomic E-state index is 10.9. The zero-order chi connectivity index (χ0) is 12.0. The van der Waals surface area contributed by atoms with E-state index in [9.17, 15) is 9.59 Å². The fourth-order valence-electron chi connectivity index (χ4n) is 0.985. The van der Waals surface area contributed by atoms with Crippen molar-refractivity contribution >= 4 is 11.8 Å². The van der Waals surface area contributed by atoms with Crippen molar-refractivity contribution in [2.75, 3.05) is 6.61 Å². The van der Waals surface area contributed by atoms with E-state index in [1.807, 2.05) is 0 Å². The molecule has 1 rings (SSSR count). The highest BCUT2D eigenvalue weighted by atomic mass is 16.5. The van der Waals surface area contributed by atoms with Crippen molar-refractivity contribution < 1.29 is 19.4 Å². The first kappa shape index (κ1) is 12.1. The Morgan fingerprint density at radius 3 is 2.62 bits per heavy atom. The lowest BCUT2D eigenvalue weighted by atomic mass is 10.3. The van der Waals surface area contributed by atoms with Crippen LogP contribution in [0.2, 0.25) is 0 Å². The number of carbonyl (C=O) groups excluding carboxylic acids is 1. The first-order chi connectivity index (χ1) is 7.59. The van der Waals surface area contributed by atoms with Crippen molar-refractivity contribution in [1.82, 2.24) is 10.2 Å². The predicted molar refractivity (Wildman–Crippen MR) is 54.4 cm³/mol. The largest absolute Gasteiger partial charge is 0.481 e. The molecule has 0 atom stereocenters. The van der Waals surface area contributed by atoms with Crippen LogP contribution in [0.3, 0.4) is 0 Å². The van der Waals surface area contributed by atoms with Crippen LogP contribution < -0.4 is 4.74 Å². The molecule has 0 aromatic carbocycles. The summed E-state index contributed by atoms with van der Waals surface area (Å²) in [6.45, 7) is 1.66. The lowest BCUT2D eigenvalue weighted by molar-refractivity contribution is -0.137. The Bertz CT molecular complexity index is 375. The number of ether oxygens (including phenoxy) is 1. The molecule has 0 saturated carbocycles. The maximum Gasteiger partial charge on any atom is 0.303 e. The molecular formula is C10H12N2O4. The van der Waals surface area contributed by atoms with E-state index in [0.717, 1.165) is 0 Å². The van der Waals surface area contributed by atoms with E-state index in [1.165, 1.54) is 19.1 Å². The number of carboxylic acid groups (broad SMARTS) is 1. The Kier molecular flexibility index (Phi) is 4.38. The smallest absolute Gasteiger partial charge is 0.303 e. The van der Waals surface area contributed by atoms with Crippen LogP contribution in [0.15, 0.2) is 12.1 Å². The molecule has 1 heterocycles. The van der Waals surface area contributed by atoms with Gasteiger partial charge in [-0.1, -0.05) is 0 Å². The second-order valence-electron chi connectivity index (χ2n) is 3.16. The summed E-state index contributed by atoms with van der Waals surface area (Å²) < 4.78 is 5.14. The van der Waals surface area contributed by atoms with E-state index in [-0.39, 0.29) is 30.4 Å². The predicted octanol–water partition coefficient (Wildman–Crippen LogP) is 0.923. The molecule has 6 heteroatoms. The van der Waals surface area contributed by atoms with Crippen LogP contribution in [0.5, 0.6) is 5.88 Å². The summed E-state index contributed by atoms with van der Waals surface area (Å²) in [5.41, 5.74) is 0.276. The van der Waals surface area contributed by atoms with Crippen LogP contribution in [0, 0.1) is 0 Å². The van der Waals surface area contributed by atoms with Gasteiger partial charge in [-0.3, -0.25) is 9.59 Å². The molecule has 0 aliphatic carbocycles. The third kappa shape index (κ3) is 4.04. The molecular weight excluding hydrogens is 212 g/mol. The van der Waals surface area contributed by atoms with E-state index >= 15 is 0 Å². The number of carboxylic acids is 1. The Morgan fingerprint density at radius 1 is 1.38 bits per heavy atom. The highest BCUT2D eigenvalue weighted by Crippen LogP contribution is 2.06. The molecule has 0 aliphatic rings. The summed E-state index contributed by atoms with van der Waals surface area (Å²) >= 11 is 0. The lowest BCUT2D eigenvalue weighted by Gasteiger charge is -2.03. The van der Waals surface area contributed by atoms with Gasteiger partial charge in [-0.2, -0.15) is 0 Å². The van der Waals surface area contributed by atoms with Gasteiger partial charge in [-0.05, 0) is 12.5 Å². The third-order valence-corrected chi connectivity index (χ3v) is 1.79. The highest BCUT2D eigenvalue weighted by Gasteiger charge is 2.03. The summed E-state index contributed by atoms with van der Waals surface area (Å²) in [6, 6.07) is 3.05. The summed E-state index contributed by atoms with van der Waals surface area (Å²) in [5.74, 6) is -0.734. The van der Waals surface area contributed by atoms with Crippen LogP contribution in [-0.2, 0) is 4.79 Å². The molecule has 1 N–H and O–H groups in total. The molecule has 1 aromatic rings. The standard InChI is InChI=1S/C10H12N2O4/c1-7(13)8-4-5-9(12-11-8)16-6-2-3-10(14)15/h4-5H,2-3,6H2,1H3,(H,14,15). The molecule has 0 spiro atoms. The third-order valence-electron chi connectivity index (χ3n) is 1.79. The number of hydrogen-bond donors (Lipinski definition) is 1. The molecule has 0 bridgehead atoms. The van der Waals surface area contributed by atoms with Crippen molar-refractivity contribution in [3.05, 3.63) is 17.8 Å². The zero-order valence-electron chi connectivity index (χ0n) is 8.84. The second-order valence-corrected chi connectivity index (χ2v) is 3.16. The summed E-state index contributed by atoms with van der Waals surface area (Å²) in [7, 11) is 0. The normalized spacial score (nSPS) is 9.81. The van der Waals surface area contributed by atoms with Gasteiger partial charge < -0.3 is 9.84 Å². The number of aromatic nitrogens is 2. The molecule has 1 aromatic heterocycles. The van der Waals surface area contributed by atoms with Gasteiger partial charge in [0.2, 0.25) is 5.88 Å². The minimum atomic E-state index is -0.860. The number of nitrogens with zero attached hydrogens (tertiary/aromatic N) is 2. The van der Waals surface area contributed by atoms with Gasteiger partial charge in [0.15, 0.2) is 5.78 Å². The van der Waals surface area contributed by atoms with E-state index in [1.54, 1.807) is 0 Å². The molecule has 0 fully saturated rings. The molecule has 0 aliphatic heterocycles. The number of carbonyl (C=O) groups is 2. The molecule has 16 heavy (non-hydrogen) atoms. The highest BCUT2D eigenvalue weighted by molar-refractivity contribution is 5.91. The Hall–Kier alpha value is -1.98. The lowest BCUT2D eigenvalue weighted by Crippen LogP contribution is -2.05. The van der Waals surface area contributed by atoms with Crippen LogP contribution in [-0.4, -0.2) is 33.7 Å². The molecule has 0 unspecified atom stereocenters. The first-order valence-corrected chi connectivity index (χ1v) is 4.79. The molecule has 0 saturated heterocycles. The van der Waals surface area contributed by atoms with Crippen molar-refractivity contribution in [3.8, 4) is 5.88 Å². The fourth-order valence-corrected chi connectivity index (χ4v) is 0.985. The van der Waals surface area contributed by atoms with Gasteiger partial charge in [0.25, 0.3) is 0 Å². The summed E-state index contributed by atoms with van der Waals surface area (Å²) in [5, 5.41) is 15.7. The van der Waals surface area contributed by atoms with Crippen LogP contribution >= 0.6 is 0 Å². The minimum absolute atomic E-state index is 0.0545. The van der Waals surface area contributed by atoms with Crippen LogP contribution in [0.4, 0.5) is 0 Å². The monoisotopic (exact) mass is 224 g/mol. The maximum absolute atomic E-state index is 10.9. The molecule has 0 radical (unpaired) electrons. The molecule has 6 nitrogen and oxygen atoms in total. The number of rotatable bonds is 6. The summed E-state index contributed by atoms with van der Waals surface area (Å²) in [4.78, 5) is 21.1. The fraction of sp³-hybridized carbons (Fsp3) is 0.400. The number of hydrogen-bond acceptors (Lipinski definition) is 5. The zero-order valence-corrected chi connectivity index (χ0v) is 8.84. The number of Topliss-reactive ketones (excluding diaryl/α,β-unsaturated/α-hetero) is 1. The van der Waals surface area contributed by atoms with Gasteiger partial charge >= 0.3 is 5.97 Å². The van der Waals surface area contributed by atoms with E-state index in [0.29, 0.717) is 6.42 Å². The van der Waals surface area contributed by atoms with Gasteiger partial charge in [0, 0.05) is 19.4 Å². The van der Waals surface area contributed by atoms with E-state index in [2.05, 4.69) is 10.2 Å². The van der Waals surface area contributed by atoms with Gasteiger partial charge in [-0.15, -0.1) is 10.2 Å².